The molecule has 114 valence electrons. The maximum Gasteiger partial charge on any atom is 0.293 e. The summed E-state index contributed by atoms with van der Waals surface area (Å²) in [4.78, 5) is 19.3. The average molecular weight is 288 g/mol. The topological polar surface area (TPSA) is 50.2 Å². The van der Waals surface area contributed by atoms with Crippen LogP contribution in [0.25, 0.3) is 0 Å². The number of nitrogens with zero attached hydrogens (tertiary/aromatic N) is 3. The van der Waals surface area contributed by atoms with Gasteiger partial charge in [-0.05, 0) is 45.1 Å². The fraction of sp³-hybridized carbons (Fsp3) is 0.750. The van der Waals surface area contributed by atoms with Crippen molar-refractivity contribution in [1.82, 2.24) is 14.9 Å². The molecule has 1 atom stereocenters. The zero-order valence-electron chi connectivity index (χ0n) is 12.6. The zero-order valence-corrected chi connectivity index (χ0v) is 12.6. The third-order valence-electron chi connectivity index (χ3n) is 5.31. The molecule has 1 unspecified atom stereocenters. The van der Waals surface area contributed by atoms with Crippen molar-refractivity contribution in [1.29, 1.82) is 0 Å². The van der Waals surface area contributed by atoms with Crippen LogP contribution in [0.3, 0.4) is 0 Å². The zero-order chi connectivity index (χ0) is 14.3. The van der Waals surface area contributed by atoms with Crippen LogP contribution in [0.4, 0.5) is 5.82 Å². The molecule has 2 aliphatic heterocycles. The van der Waals surface area contributed by atoms with E-state index in [2.05, 4.69) is 15.2 Å². The van der Waals surface area contributed by atoms with E-state index < -0.39 is 0 Å². The van der Waals surface area contributed by atoms with Gasteiger partial charge >= 0.3 is 0 Å². The molecule has 0 bridgehead atoms. The molecule has 5 heteroatoms. The summed E-state index contributed by atoms with van der Waals surface area (Å²) in [5.74, 6) is 0.675. The predicted octanol–water partition coefficient (Wildman–Crippen LogP) is 1.55. The summed E-state index contributed by atoms with van der Waals surface area (Å²) in [5.41, 5.74) is 0.464. The first kappa shape index (κ1) is 13.3. The van der Waals surface area contributed by atoms with Crippen molar-refractivity contribution in [2.45, 2.75) is 44.6 Å². The number of hydrogen-bond acceptors (Lipinski definition) is 4. The molecule has 3 heterocycles. The van der Waals surface area contributed by atoms with Crippen molar-refractivity contribution in [2.75, 3.05) is 31.1 Å². The van der Waals surface area contributed by atoms with E-state index in [4.69, 9.17) is 0 Å². The fourth-order valence-electron chi connectivity index (χ4n) is 4.04. The molecule has 0 amide bonds. The summed E-state index contributed by atoms with van der Waals surface area (Å²) in [5, 5.41) is 3.54. The summed E-state index contributed by atoms with van der Waals surface area (Å²) in [6, 6.07) is 0.425. The number of anilines is 1. The Bertz CT molecular complexity index is 566. The van der Waals surface area contributed by atoms with Crippen LogP contribution in [0.15, 0.2) is 17.2 Å². The smallest absolute Gasteiger partial charge is 0.293 e. The Morgan fingerprint density at radius 3 is 2.90 bits per heavy atom. The van der Waals surface area contributed by atoms with Gasteiger partial charge in [0.2, 0.25) is 0 Å². The first-order valence-corrected chi connectivity index (χ1v) is 8.30. The van der Waals surface area contributed by atoms with Gasteiger partial charge in [0.25, 0.3) is 5.56 Å². The number of aromatic nitrogens is 2. The van der Waals surface area contributed by atoms with Gasteiger partial charge in [-0.1, -0.05) is 0 Å². The van der Waals surface area contributed by atoms with Crippen molar-refractivity contribution in [3.63, 3.8) is 0 Å². The largest absolute Gasteiger partial charge is 0.351 e. The van der Waals surface area contributed by atoms with Crippen LogP contribution < -0.4 is 15.8 Å². The van der Waals surface area contributed by atoms with E-state index in [0.29, 0.717) is 17.3 Å². The summed E-state index contributed by atoms with van der Waals surface area (Å²) in [7, 11) is 0. The monoisotopic (exact) mass is 288 g/mol. The lowest BCUT2D eigenvalue weighted by Gasteiger charge is -2.45. The lowest BCUT2D eigenvalue weighted by molar-refractivity contribution is 0.172. The fourth-order valence-corrected chi connectivity index (χ4v) is 4.04. The van der Waals surface area contributed by atoms with E-state index in [1.807, 2.05) is 10.8 Å². The minimum atomic E-state index is 0.112. The highest BCUT2D eigenvalue weighted by molar-refractivity contribution is 5.37. The molecule has 0 aromatic carbocycles. The summed E-state index contributed by atoms with van der Waals surface area (Å²) >= 11 is 0. The van der Waals surface area contributed by atoms with Crippen LogP contribution >= 0.6 is 0 Å². The van der Waals surface area contributed by atoms with Crippen molar-refractivity contribution < 1.29 is 0 Å². The van der Waals surface area contributed by atoms with Crippen molar-refractivity contribution >= 4 is 5.82 Å². The Kier molecular flexibility index (Phi) is 3.25. The van der Waals surface area contributed by atoms with E-state index in [1.54, 1.807) is 6.20 Å². The lowest BCUT2D eigenvalue weighted by Crippen LogP contribution is -2.52. The first-order valence-electron chi connectivity index (χ1n) is 8.30. The van der Waals surface area contributed by atoms with Crippen LogP contribution in [-0.2, 0) is 0 Å². The van der Waals surface area contributed by atoms with Crippen molar-refractivity contribution in [2.24, 2.45) is 5.41 Å². The van der Waals surface area contributed by atoms with Crippen LogP contribution in [-0.4, -0.2) is 35.7 Å². The van der Waals surface area contributed by atoms with Gasteiger partial charge in [-0.2, -0.15) is 0 Å². The summed E-state index contributed by atoms with van der Waals surface area (Å²) < 4.78 is 1.89. The molecule has 0 radical (unpaired) electrons. The number of hydrogen-bond donors (Lipinski definition) is 1. The van der Waals surface area contributed by atoms with Gasteiger partial charge in [-0.3, -0.25) is 4.79 Å². The van der Waals surface area contributed by atoms with Crippen molar-refractivity contribution in [3.05, 3.63) is 22.7 Å². The molecule has 5 nitrogen and oxygen atoms in total. The lowest BCUT2D eigenvalue weighted by atomic mass is 9.74. The second-order valence-corrected chi connectivity index (χ2v) is 7.00. The van der Waals surface area contributed by atoms with Crippen LogP contribution in [0, 0.1) is 5.41 Å². The number of rotatable bonds is 2. The maximum atomic E-state index is 12.7. The van der Waals surface area contributed by atoms with Crippen molar-refractivity contribution in [3.8, 4) is 0 Å². The van der Waals surface area contributed by atoms with Gasteiger partial charge < -0.3 is 14.8 Å². The predicted molar refractivity (Wildman–Crippen MR) is 82.8 cm³/mol. The highest BCUT2D eigenvalue weighted by Crippen LogP contribution is 2.37. The van der Waals surface area contributed by atoms with Gasteiger partial charge in [0.15, 0.2) is 5.82 Å². The molecule has 1 spiro atoms. The Balaban J connectivity index is 1.61. The standard InChI is InChI=1S/C16H24N4O/c21-15-14(18-8-10-20(15)13-3-4-13)19-9-2-6-16(12-19)5-1-7-17-11-16/h8,10,13,17H,1-7,9,11-12H2. The van der Waals surface area contributed by atoms with Gasteiger partial charge in [0.05, 0.1) is 0 Å². The molecule has 21 heavy (non-hydrogen) atoms. The van der Waals surface area contributed by atoms with Gasteiger partial charge in [0.1, 0.15) is 0 Å². The van der Waals surface area contributed by atoms with Gasteiger partial charge in [-0.15, -0.1) is 0 Å². The van der Waals surface area contributed by atoms with E-state index in [-0.39, 0.29) is 5.56 Å². The Labute approximate surface area is 125 Å². The van der Waals surface area contributed by atoms with E-state index in [9.17, 15) is 4.79 Å². The second-order valence-electron chi connectivity index (χ2n) is 7.00. The summed E-state index contributed by atoms with van der Waals surface area (Å²) in [6.07, 6.45) is 10.9. The third kappa shape index (κ3) is 2.48. The van der Waals surface area contributed by atoms with Gasteiger partial charge in [0, 0.05) is 43.5 Å². The molecule has 4 rings (SSSR count). The van der Waals surface area contributed by atoms with Crippen LogP contribution in [0.2, 0.25) is 0 Å². The second kappa shape index (κ2) is 5.13. The molecule has 1 aromatic rings. The Hall–Kier alpha value is -1.36. The first-order chi connectivity index (χ1) is 10.3. The molecular weight excluding hydrogens is 264 g/mol. The highest BCUT2D eigenvalue weighted by atomic mass is 16.1. The number of nitrogens with one attached hydrogen (secondary N) is 1. The molecular formula is C16H24N4O. The number of piperidine rings is 2. The van der Waals surface area contributed by atoms with Crippen LogP contribution in [0.5, 0.6) is 0 Å². The quantitative estimate of drug-likeness (QED) is 0.897. The average Bonchev–Trinajstić information content (AvgIpc) is 3.33. The molecule has 3 fully saturated rings. The third-order valence-corrected chi connectivity index (χ3v) is 5.31. The minimum Gasteiger partial charge on any atom is -0.351 e. The van der Waals surface area contributed by atoms with E-state index in [1.165, 1.54) is 25.7 Å². The Morgan fingerprint density at radius 2 is 2.14 bits per heavy atom. The van der Waals surface area contributed by atoms with Crippen LogP contribution in [0.1, 0.15) is 44.6 Å². The maximum absolute atomic E-state index is 12.7. The molecule has 1 aromatic heterocycles. The molecule has 1 aliphatic carbocycles. The highest BCUT2D eigenvalue weighted by Gasteiger charge is 2.38. The normalized spacial score (nSPS) is 29.8. The molecule has 1 N–H and O–H groups in total. The minimum absolute atomic E-state index is 0.112. The summed E-state index contributed by atoms with van der Waals surface area (Å²) in [6.45, 7) is 4.18. The molecule has 1 saturated carbocycles. The van der Waals surface area contributed by atoms with Gasteiger partial charge in [-0.25, -0.2) is 4.98 Å². The van der Waals surface area contributed by atoms with E-state index >= 15 is 0 Å². The Morgan fingerprint density at radius 1 is 1.29 bits per heavy atom. The molecule has 2 saturated heterocycles. The SMILES string of the molecule is O=c1c(N2CCCC3(CCCNC3)C2)nccn1C1CC1. The van der Waals surface area contributed by atoms with E-state index in [0.717, 1.165) is 39.0 Å². The molecule has 3 aliphatic rings.